The van der Waals surface area contributed by atoms with Crippen LogP contribution < -0.4 is 20.7 Å². The molecule has 1 heterocycles. The number of carbonyl (C=O) groups is 2. The first kappa shape index (κ1) is 19.0. The topological polar surface area (TPSA) is 92.6 Å². The smallest absolute Gasteiger partial charge is 0.319 e. The van der Waals surface area contributed by atoms with Gasteiger partial charge in [0.15, 0.2) is 6.10 Å². The van der Waals surface area contributed by atoms with Gasteiger partial charge in [-0.1, -0.05) is 18.2 Å². The van der Waals surface area contributed by atoms with Crippen LogP contribution in [-0.2, 0) is 11.3 Å². The van der Waals surface area contributed by atoms with Crippen LogP contribution in [0.3, 0.4) is 0 Å². The summed E-state index contributed by atoms with van der Waals surface area (Å²) in [6.45, 7) is 1.98. The number of hydrogen-bond donors (Lipinski definition) is 3. The molecule has 0 saturated carbocycles. The third-order valence-corrected chi connectivity index (χ3v) is 3.84. The Bertz CT molecular complexity index is 893. The van der Waals surface area contributed by atoms with Gasteiger partial charge in [0.25, 0.3) is 5.91 Å². The molecule has 0 aliphatic rings. The molecular weight excluding hydrogens is 358 g/mol. The quantitative estimate of drug-likeness (QED) is 0.578. The highest BCUT2D eigenvalue weighted by Crippen LogP contribution is 2.15. The second kappa shape index (κ2) is 9.27. The van der Waals surface area contributed by atoms with Gasteiger partial charge in [-0.3, -0.25) is 4.79 Å². The largest absolute Gasteiger partial charge is 0.481 e. The minimum Gasteiger partial charge on any atom is -0.481 e. The minimum absolute atomic E-state index is 0.263. The van der Waals surface area contributed by atoms with Crippen molar-refractivity contribution in [2.75, 3.05) is 10.6 Å². The highest BCUT2D eigenvalue weighted by atomic mass is 16.5. The number of anilines is 2. The molecule has 3 rings (SSSR count). The molecule has 0 fully saturated rings. The van der Waals surface area contributed by atoms with Crippen LogP contribution in [0.2, 0.25) is 0 Å². The molecule has 3 N–H and O–H groups in total. The predicted molar refractivity (Wildman–Crippen MR) is 106 cm³/mol. The summed E-state index contributed by atoms with van der Waals surface area (Å²) in [5, 5.41) is 8.18. The number of nitrogens with one attached hydrogen (secondary N) is 3. The number of amides is 3. The molecule has 1 unspecified atom stereocenters. The highest BCUT2D eigenvalue weighted by Gasteiger charge is 2.14. The fourth-order valence-corrected chi connectivity index (χ4v) is 2.39. The van der Waals surface area contributed by atoms with E-state index in [1.54, 1.807) is 61.7 Å². The lowest BCUT2D eigenvalue weighted by molar-refractivity contribution is -0.122. The minimum atomic E-state index is -0.646. The van der Waals surface area contributed by atoms with Crippen molar-refractivity contribution in [3.8, 4) is 5.75 Å². The van der Waals surface area contributed by atoms with E-state index >= 15 is 0 Å². The Morgan fingerprint density at radius 2 is 1.61 bits per heavy atom. The van der Waals surface area contributed by atoms with Crippen LogP contribution in [0, 0.1) is 0 Å². The van der Waals surface area contributed by atoms with Gasteiger partial charge in [0, 0.05) is 11.4 Å². The number of benzene rings is 2. The molecule has 3 amide bonds. The number of rotatable bonds is 7. The summed E-state index contributed by atoms with van der Waals surface area (Å²) in [5.74, 6) is 1.03. The molecule has 0 aliphatic heterocycles. The first-order valence-electron chi connectivity index (χ1n) is 8.80. The van der Waals surface area contributed by atoms with E-state index in [2.05, 4.69) is 16.0 Å². The van der Waals surface area contributed by atoms with E-state index in [1.807, 2.05) is 18.2 Å². The molecule has 28 heavy (non-hydrogen) atoms. The predicted octanol–water partition coefficient (Wildman–Crippen LogP) is 4.01. The van der Waals surface area contributed by atoms with E-state index in [1.165, 1.54) is 0 Å². The number of furan rings is 1. The first-order valence-corrected chi connectivity index (χ1v) is 8.80. The van der Waals surface area contributed by atoms with E-state index in [4.69, 9.17) is 9.15 Å². The van der Waals surface area contributed by atoms with Crippen molar-refractivity contribution in [2.45, 2.75) is 19.6 Å². The van der Waals surface area contributed by atoms with Crippen LogP contribution in [0.5, 0.6) is 5.75 Å². The van der Waals surface area contributed by atoms with Gasteiger partial charge in [-0.2, -0.15) is 0 Å². The van der Waals surface area contributed by atoms with Crippen molar-refractivity contribution in [1.29, 1.82) is 0 Å². The molecule has 0 spiro atoms. The second-order valence-electron chi connectivity index (χ2n) is 6.03. The lowest BCUT2D eigenvalue weighted by Crippen LogP contribution is -2.30. The van der Waals surface area contributed by atoms with Crippen molar-refractivity contribution in [3.63, 3.8) is 0 Å². The van der Waals surface area contributed by atoms with Crippen molar-refractivity contribution in [2.24, 2.45) is 0 Å². The average Bonchev–Trinajstić information content (AvgIpc) is 3.22. The third kappa shape index (κ3) is 5.63. The number of hydrogen-bond acceptors (Lipinski definition) is 4. The van der Waals surface area contributed by atoms with Gasteiger partial charge >= 0.3 is 6.03 Å². The molecule has 2 aromatic carbocycles. The first-order chi connectivity index (χ1) is 13.6. The zero-order chi connectivity index (χ0) is 19.8. The summed E-state index contributed by atoms with van der Waals surface area (Å²) < 4.78 is 10.7. The van der Waals surface area contributed by atoms with Gasteiger partial charge in [0.05, 0.1) is 12.8 Å². The average molecular weight is 379 g/mol. The molecule has 0 saturated heterocycles. The summed E-state index contributed by atoms with van der Waals surface area (Å²) in [5.41, 5.74) is 1.21. The maximum Gasteiger partial charge on any atom is 0.319 e. The fraction of sp³-hybridized carbons (Fsp3) is 0.143. The zero-order valence-electron chi connectivity index (χ0n) is 15.3. The van der Waals surface area contributed by atoms with Crippen LogP contribution in [0.15, 0.2) is 77.4 Å². The SMILES string of the molecule is CC(Oc1ccccc1)C(=O)Nc1ccc(NC(=O)NCc2ccco2)cc1. The summed E-state index contributed by atoms with van der Waals surface area (Å²) in [7, 11) is 0. The van der Waals surface area contributed by atoms with E-state index in [9.17, 15) is 9.59 Å². The normalized spacial score (nSPS) is 11.3. The van der Waals surface area contributed by atoms with Crippen LogP contribution >= 0.6 is 0 Å². The number of ether oxygens (including phenoxy) is 1. The Labute approximate surface area is 162 Å². The van der Waals surface area contributed by atoms with Gasteiger partial charge in [0.2, 0.25) is 0 Å². The molecule has 7 heteroatoms. The standard InChI is InChI=1S/C21H21N3O4/c1-15(28-18-6-3-2-4-7-18)20(25)23-16-9-11-17(12-10-16)24-21(26)22-14-19-8-5-13-27-19/h2-13,15H,14H2,1H3,(H,23,25)(H2,22,24,26). The summed E-state index contributed by atoms with van der Waals surface area (Å²) >= 11 is 0. The fourth-order valence-electron chi connectivity index (χ4n) is 2.39. The lowest BCUT2D eigenvalue weighted by Gasteiger charge is -2.15. The molecule has 3 aromatic rings. The summed E-state index contributed by atoms with van der Waals surface area (Å²) in [4.78, 5) is 24.1. The Kier molecular flexibility index (Phi) is 6.30. The number of urea groups is 1. The van der Waals surface area contributed by atoms with E-state index in [-0.39, 0.29) is 11.9 Å². The molecule has 1 aromatic heterocycles. The Morgan fingerprint density at radius 3 is 2.25 bits per heavy atom. The van der Waals surface area contributed by atoms with Gasteiger partial charge in [-0.05, 0) is 55.5 Å². The lowest BCUT2D eigenvalue weighted by atomic mass is 10.2. The van der Waals surface area contributed by atoms with Crippen molar-refractivity contribution >= 4 is 23.3 Å². The summed E-state index contributed by atoms with van der Waals surface area (Å²) in [6, 6.07) is 19.1. The zero-order valence-corrected chi connectivity index (χ0v) is 15.3. The van der Waals surface area contributed by atoms with Gasteiger partial charge in [0.1, 0.15) is 11.5 Å². The molecule has 144 valence electrons. The van der Waals surface area contributed by atoms with Gasteiger partial charge < -0.3 is 25.1 Å². The van der Waals surface area contributed by atoms with Crippen LogP contribution in [0.25, 0.3) is 0 Å². The van der Waals surface area contributed by atoms with Gasteiger partial charge in [-0.25, -0.2) is 4.79 Å². The Balaban J connectivity index is 1.46. The van der Waals surface area contributed by atoms with Crippen LogP contribution in [0.1, 0.15) is 12.7 Å². The van der Waals surface area contributed by atoms with Gasteiger partial charge in [-0.15, -0.1) is 0 Å². The molecular formula is C21H21N3O4. The molecule has 0 bridgehead atoms. The Hall–Kier alpha value is -3.74. The van der Waals surface area contributed by atoms with Crippen LogP contribution in [-0.4, -0.2) is 18.0 Å². The molecule has 0 radical (unpaired) electrons. The summed E-state index contributed by atoms with van der Waals surface area (Å²) in [6.07, 6.45) is 0.904. The van der Waals surface area contributed by atoms with Crippen molar-refractivity contribution in [3.05, 3.63) is 78.8 Å². The van der Waals surface area contributed by atoms with E-state index in [0.29, 0.717) is 29.4 Å². The maximum atomic E-state index is 12.3. The Morgan fingerprint density at radius 1 is 0.929 bits per heavy atom. The van der Waals surface area contributed by atoms with Crippen LogP contribution in [0.4, 0.5) is 16.2 Å². The molecule has 0 aliphatic carbocycles. The van der Waals surface area contributed by atoms with E-state index in [0.717, 1.165) is 0 Å². The maximum absolute atomic E-state index is 12.3. The highest BCUT2D eigenvalue weighted by molar-refractivity contribution is 5.94. The van der Waals surface area contributed by atoms with Crippen molar-refractivity contribution in [1.82, 2.24) is 5.32 Å². The third-order valence-electron chi connectivity index (χ3n) is 3.84. The van der Waals surface area contributed by atoms with Crippen molar-refractivity contribution < 1.29 is 18.7 Å². The second-order valence-corrected chi connectivity index (χ2v) is 6.03. The molecule has 7 nitrogen and oxygen atoms in total. The monoisotopic (exact) mass is 379 g/mol. The number of carbonyl (C=O) groups excluding carboxylic acids is 2. The number of para-hydroxylation sites is 1. The molecule has 1 atom stereocenters. The van der Waals surface area contributed by atoms with E-state index < -0.39 is 6.10 Å².